The van der Waals surface area contributed by atoms with E-state index in [2.05, 4.69) is 71.5 Å². The summed E-state index contributed by atoms with van der Waals surface area (Å²) in [4.78, 5) is 0. The van der Waals surface area contributed by atoms with Crippen molar-refractivity contribution >= 4 is 12.6 Å². The highest BCUT2D eigenvalue weighted by molar-refractivity contribution is 7.80. The largest absolute Gasteiger partial charge is 0.178 e. The topological polar surface area (TPSA) is 0 Å². The van der Waals surface area contributed by atoms with Gasteiger partial charge in [0.1, 0.15) is 0 Å². The molecule has 0 aliphatic rings. The second-order valence-corrected chi connectivity index (χ2v) is 6.15. The third-order valence-electron chi connectivity index (χ3n) is 2.86. The molecule has 0 saturated carbocycles. The summed E-state index contributed by atoms with van der Waals surface area (Å²) in [5.41, 5.74) is 3.21. The molecule has 0 radical (unpaired) electrons. The highest BCUT2D eigenvalue weighted by atomic mass is 32.1. The predicted molar refractivity (Wildman–Crippen MR) is 72.0 cm³/mol. The Bertz CT molecular complexity index is 331. The maximum Gasteiger partial charge on any atom is -0.000573 e. The fraction of sp³-hybridized carbons (Fsp3) is 0.571. The molecule has 0 aromatic heterocycles. The third kappa shape index (κ3) is 2.78. The van der Waals surface area contributed by atoms with Gasteiger partial charge < -0.3 is 0 Å². The molecular formula is C14H22S. The van der Waals surface area contributed by atoms with Gasteiger partial charge in [-0.3, -0.25) is 0 Å². The van der Waals surface area contributed by atoms with E-state index < -0.39 is 0 Å². The summed E-state index contributed by atoms with van der Waals surface area (Å²) >= 11 is 4.46. The summed E-state index contributed by atoms with van der Waals surface area (Å²) < 4.78 is 0. The minimum Gasteiger partial charge on any atom is -0.178 e. The molecule has 84 valence electrons. The van der Waals surface area contributed by atoms with Crippen LogP contribution in [0.15, 0.2) is 24.3 Å². The molecule has 0 fully saturated rings. The third-order valence-corrected chi connectivity index (χ3v) is 3.65. The molecule has 1 aromatic carbocycles. The molecule has 0 spiro atoms. The van der Waals surface area contributed by atoms with E-state index >= 15 is 0 Å². The van der Waals surface area contributed by atoms with Gasteiger partial charge in [0.25, 0.3) is 0 Å². The maximum absolute atomic E-state index is 4.46. The van der Waals surface area contributed by atoms with E-state index in [1.54, 1.807) is 0 Å². The highest BCUT2D eigenvalue weighted by Gasteiger charge is 2.26. The molecule has 0 nitrogen and oxygen atoms in total. The van der Waals surface area contributed by atoms with Crippen molar-refractivity contribution in [1.29, 1.82) is 0 Å². The van der Waals surface area contributed by atoms with E-state index in [4.69, 9.17) is 0 Å². The molecule has 1 rings (SSSR count). The van der Waals surface area contributed by atoms with Crippen LogP contribution in [0.3, 0.4) is 0 Å². The van der Waals surface area contributed by atoms with E-state index in [9.17, 15) is 0 Å². The Labute approximate surface area is 99.5 Å². The summed E-state index contributed by atoms with van der Waals surface area (Å²) in [5.74, 6) is 0.875. The standard InChI is InChI=1S/C14H22S/c1-13(2,3)11-8-6-7-9-12(11)14(4,5)10-15/h6-9,15H,10H2,1-5H3. The normalized spacial score (nSPS) is 12.9. The first-order chi connectivity index (χ1) is 6.79. The fourth-order valence-corrected chi connectivity index (χ4v) is 1.98. The van der Waals surface area contributed by atoms with Crippen LogP contribution in [0.1, 0.15) is 45.7 Å². The average molecular weight is 222 g/mol. The van der Waals surface area contributed by atoms with E-state index in [-0.39, 0.29) is 10.8 Å². The van der Waals surface area contributed by atoms with Crippen LogP contribution in [0, 0.1) is 0 Å². The molecule has 0 atom stereocenters. The molecule has 0 aliphatic heterocycles. The molecule has 0 saturated heterocycles. The first-order valence-electron chi connectivity index (χ1n) is 5.50. The zero-order valence-electron chi connectivity index (χ0n) is 10.5. The summed E-state index contributed by atoms with van der Waals surface area (Å²) in [6, 6.07) is 8.71. The summed E-state index contributed by atoms with van der Waals surface area (Å²) in [6.07, 6.45) is 0. The lowest BCUT2D eigenvalue weighted by Gasteiger charge is -2.31. The van der Waals surface area contributed by atoms with Crippen molar-refractivity contribution in [2.45, 2.75) is 45.4 Å². The van der Waals surface area contributed by atoms with Crippen molar-refractivity contribution in [2.75, 3.05) is 5.75 Å². The van der Waals surface area contributed by atoms with Crippen LogP contribution >= 0.6 is 12.6 Å². The zero-order valence-corrected chi connectivity index (χ0v) is 11.4. The van der Waals surface area contributed by atoms with Crippen molar-refractivity contribution in [3.05, 3.63) is 35.4 Å². The number of hydrogen-bond donors (Lipinski definition) is 1. The number of thiol groups is 1. The molecule has 1 heteroatoms. The Morgan fingerprint density at radius 1 is 0.933 bits per heavy atom. The number of hydrogen-bond acceptors (Lipinski definition) is 1. The minimum absolute atomic E-state index is 0.146. The van der Waals surface area contributed by atoms with Crippen LogP contribution in [0.2, 0.25) is 0 Å². The Hall–Kier alpha value is -0.430. The fourth-order valence-electron chi connectivity index (χ4n) is 1.81. The van der Waals surface area contributed by atoms with Crippen molar-refractivity contribution < 1.29 is 0 Å². The lowest BCUT2D eigenvalue weighted by molar-refractivity contribution is 0.536. The SMILES string of the molecule is CC(C)(C)c1ccccc1C(C)(C)CS. The Balaban J connectivity index is 3.31. The van der Waals surface area contributed by atoms with E-state index in [1.807, 2.05) is 0 Å². The van der Waals surface area contributed by atoms with Gasteiger partial charge in [0.05, 0.1) is 0 Å². The highest BCUT2D eigenvalue weighted by Crippen LogP contribution is 2.34. The molecular weight excluding hydrogens is 200 g/mol. The van der Waals surface area contributed by atoms with Crippen LogP contribution in [0.4, 0.5) is 0 Å². The number of benzene rings is 1. The van der Waals surface area contributed by atoms with E-state index in [0.29, 0.717) is 0 Å². The summed E-state index contributed by atoms with van der Waals surface area (Å²) in [5, 5.41) is 0. The van der Waals surface area contributed by atoms with E-state index in [0.717, 1.165) is 5.75 Å². The lowest BCUT2D eigenvalue weighted by atomic mass is 9.75. The van der Waals surface area contributed by atoms with Gasteiger partial charge in [-0.05, 0) is 27.7 Å². The minimum atomic E-state index is 0.146. The monoisotopic (exact) mass is 222 g/mol. The second-order valence-electron chi connectivity index (χ2n) is 5.84. The van der Waals surface area contributed by atoms with Crippen molar-refractivity contribution in [2.24, 2.45) is 0 Å². The molecule has 0 amide bonds. The molecule has 0 aliphatic carbocycles. The summed E-state index contributed by atoms with van der Waals surface area (Å²) in [6.45, 7) is 11.3. The molecule has 1 aromatic rings. The average Bonchev–Trinajstić information content (AvgIpc) is 2.16. The molecule has 0 N–H and O–H groups in total. The van der Waals surface area contributed by atoms with Crippen LogP contribution in [0.5, 0.6) is 0 Å². The quantitative estimate of drug-likeness (QED) is 0.713. The first kappa shape index (κ1) is 12.6. The van der Waals surface area contributed by atoms with Gasteiger partial charge in [-0.25, -0.2) is 0 Å². The first-order valence-corrected chi connectivity index (χ1v) is 6.13. The summed E-state index contributed by atoms with van der Waals surface area (Å²) in [7, 11) is 0. The second kappa shape index (κ2) is 4.21. The van der Waals surface area contributed by atoms with Crippen LogP contribution in [-0.4, -0.2) is 5.75 Å². The lowest BCUT2D eigenvalue weighted by Crippen LogP contribution is -2.25. The Morgan fingerprint density at radius 2 is 1.40 bits per heavy atom. The van der Waals surface area contributed by atoms with Crippen LogP contribution in [0.25, 0.3) is 0 Å². The smallest absolute Gasteiger partial charge is 0.000573 e. The maximum atomic E-state index is 4.46. The number of rotatable bonds is 2. The molecule has 0 bridgehead atoms. The molecule has 0 heterocycles. The Morgan fingerprint density at radius 3 is 1.80 bits per heavy atom. The van der Waals surface area contributed by atoms with Gasteiger partial charge >= 0.3 is 0 Å². The van der Waals surface area contributed by atoms with Gasteiger partial charge in [-0.1, -0.05) is 58.9 Å². The molecule has 15 heavy (non-hydrogen) atoms. The van der Waals surface area contributed by atoms with Gasteiger partial charge in [-0.15, -0.1) is 0 Å². The van der Waals surface area contributed by atoms with Crippen LogP contribution < -0.4 is 0 Å². The van der Waals surface area contributed by atoms with E-state index in [1.165, 1.54) is 11.1 Å². The Kier molecular flexibility index (Phi) is 3.55. The van der Waals surface area contributed by atoms with Gasteiger partial charge in [0.15, 0.2) is 0 Å². The van der Waals surface area contributed by atoms with Gasteiger partial charge in [0.2, 0.25) is 0 Å². The zero-order chi connectivity index (χ0) is 11.7. The van der Waals surface area contributed by atoms with Gasteiger partial charge in [0, 0.05) is 0 Å². The predicted octanol–water partition coefficient (Wildman–Crippen LogP) is 4.19. The van der Waals surface area contributed by atoms with Crippen molar-refractivity contribution in [3.63, 3.8) is 0 Å². The van der Waals surface area contributed by atoms with Crippen LogP contribution in [-0.2, 0) is 10.8 Å². The van der Waals surface area contributed by atoms with Crippen molar-refractivity contribution in [3.8, 4) is 0 Å². The van der Waals surface area contributed by atoms with Gasteiger partial charge in [-0.2, -0.15) is 12.6 Å². The van der Waals surface area contributed by atoms with Crippen molar-refractivity contribution in [1.82, 2.24) is 0 Å². The molecule has 0 unspecified atom stereocenters.